The zero-order valence-electron chi connectivity index (χ0n) is 10.5. The van der Waals surface area contributed by atoms with Crippen molar-refractivity contribution in [3.8, 4) is 0 Å². The van der Waals surface area contributed by atoms with Gasteiger partial charge in [0, 0.05) is 26.6 Å². The van der Waals surface area contributed by atoms with Gasteiger partial charge in [0.05, 0.1) is 5.60 Å². The van der Waals surface area contributed by atoms with E-state index in [-0.39, 0.29) is 5.91 Å². The molecule has 1 aliphatic heterocycles. The summed E-state index contributed by atoms with van der Waals surface area (Å²) in [4.78, 5) is 12.9. The van der Waals surface area contributed by atoms with Crippen LogP contribution in [-0.4, -0.2) is 47.7 Å². The number of rotatable bonds is 5. The number of aliphatic hydroxyl groups is 1. The third-order valence-electron chi connectivity index (χ3n) is 3.30. The summed E-state index contributed by atoms with van der Waals surface area (Å²) in [7, 11) is 0. The van der Waals surface area contributed by atoms with Crippen LogP contribution in [0.25, 0.3) is 0 Å². The first-order valence-corrected chi connectivity index (χ1v) is 6.26. The zero-order chi connectivity index (χ0) is 12.0. The summed E-state index contributed by atoms with van der Waals surface area (Å²) in [5, 5.41) is 13.6. The second-order valence-corrected chi connectivity index (χ2v) is 4.76. The van der Waals surface area contributed by atoms with Crippen molar-refractivity contribution in [1.82, 2.24) is 10.2 Å². The summed E-state index contributed by atoms with van der Waals surface area (Å²) < 4.78 is 0. The summed E-state index contributed by atoms with van der Waals surface area (Å²) in [5.41, 5.74) is -0.611. The van der Waals surface area contributed by atoms with Gasteiger partial charge >= 0.3 is 0 Å². The second-order valence-electron chi connectivity index (χ2n) is 4.76. The Labute approximate surface area is 98.0 Å². The summed E-state index contributed by atoms with van der Waals surface area (Å²) in [6, 6.07) is 0. The fourth-order valence-corrected chi connectivity index (χ4v) is 2.04. The maximum absolute atomic E-state index is 11.1. The van der Waals surface area contributed by atoms with E-state index in [9.17, 15) is 9.90 Å². The first-order valence-electron chi connectivity index (χ1n) is 6.26. The number of nitrogens with one attached hydrogen (secondary N) is 1. The van der Waals surface area contributed by atoms with Crippen LogP contribution in [0.3, 0.4) is 0 Å². The Morgan fingerprint density at radius 3 is 2.56 bits per heavy atom. The molecule has 0 aromatic rings. The molecule has 0 bridgehead atoms. The van der Waals surface area contributed by atoms with Gasteiger partial charge in [-0.1, -0.05) is 13.3 Å². The highest BCUT2D eigenvalue weighted by Gasteiger charge is 2.32. The van der Waals surface area contributed by atoms with Crippen molar-refractivity contribution >= 4 is 5.91 Å². The Balaban J connectivity index is 2.24. The number of piperidine rings is 1. The molecule has 1 fully saturated rings. The Bertz CT molecular complexity index is 223. The molecule has 1 saturated heterocycles. The summed E-state index contributed by atoms with van der Waals surface area (Å²) in [5.74, 6) is 0.112. The average molecular weight is 228 g/mol. The molecule has 0 aliphatic carbocycles. The van der Waals surface area contributed by atoms with Crippen LogP contribution in [0.4, 0.5) is 0 Å². The molecule has 0 aromatic carbocycles. The molecule has 1 rings (SSSR count). The van der Waals surface area contributed by atoms with Crippen molar-refractivity contribution in [3.05, 3.63) is 0 Å². The van der Waals surface area contributed by atoms with E-state index in [4.69, 9.17) is 0 Å². The van der Waals surface area contributed by atoms with E-state index in [2.05, 4.69) is 12.2 Å². The molecule has 2 N–H and O–H groups in total. The summed E-state index contributed by atoms with van der Waals surface area (Å²) >= 11 is 0. The van der Waals surface area contributed by atoms with Gasteiger partial charge in [-0.25, -0.2) is 0 Å². The van der Waals surface area contributed by atoms with E-state index < -0.39 is 5.60 Å². The molecule has 1 aliphatic rings. The SMILES string of the molecule is CCCCNCC1(O)CCN(C(C)=O)CC1. The molecule has 0 aromatic heterocycles. The predicted molar refractivity (Wildman–Crippen MR) is 64.2 cm³/mol. The normalized spacial score (nSPS) is 19.8. The smallest absolute Gasteiger partial charge is 0.219 e. The zero-order valence-corrected chi connectivity index (χ0v) is 10.5. The van der Waals surface area contributed by atoms with Crippen molar-refractivity contribution in [3.63, 3.8) is 0 Å². The van der Waals surface area contributed by atoms with E-state index in [1.807, 2.05) is 0 Å². The third kappa shape index (κ3) is 4.10. The molecule has 4 nitrogen and oxygen atoms in total. The van der Waals surface area contributed by atoms with Gasteiger partial charge in [-0.3, -0.25) is 4.79 Å². The lowest BCUT2D eigenvalue weighted by Crippen LogP contribution is -2.51. The summed E-state index contributed by atoms with van der Waals surface area (Å²) in [6.45, 7) is 6.72. The Morgan fingerprint density at radius 1 is 1.44 bits per heavy atom. The highest BCUT2D eigenvalue weighted by molar-refractivity contribution is 5.73. The fraction of sp³-hybridized carbons (Fsp3) is 0.917. The quantitative estimate of drug-likeness (QED) is 0.683. The molecule has 94 valence electrons. The van der Waals surface area contributed by atoms with Crippen molar-refractivity contribution in [2.45, 2.75) is 45.1 Å². The molecular formula is C12H24N2O2. The van der Waals surface area contributed by atoms with Gasteiger partial charge in [0.1, 0.15) is 0 Å². The van der Waals surface area contributed by atoms with Gasteiger partial charge in [0.2, 0.25) is 5.91 Å². The number of carbonyl (C=O) groups is 1. The van der Waals surface area contributed by atoms with Crippen LogP contribution in [0.1, 0.15) is 39.5 Å². The van der Waals surface area contributed by atoms with Crippen LogP contribution in [0, 0.1) is 0 Å². The number of unbranched alkanes of at least 4 members (excludes halogenated alkanes) is 1. The van der Waals surface area contributed by atoms with Gasteiger partial charge in [-0.05, 0) is 25.8 Å². The maximum atomic E-state index is 11.1. The minimum absolute atomic E-state index is 0.112. The predicted octanol–water partition coefficient (Wildman–Crippen LogP) is 0.749. The Kier molecular flexibility index (Phi) is 5.22. The van der Waals surface area contributed by atoms with E-state index in [0.29, 0.717) is 32.5 Å². The highest BCUT2D eigenvalue weighted by Crippen LogP contribution is 2.21. The van der Waals surface area contributed by atoms with Gasteiger partial charge in [-0.15, -0.1) is 0 Å². The first-order chi connectivity index (χ1) is 7.57. The van der Waals surface area contributed by atoms with Crippen LogP contribution >= 0.6 is 0 Å². The van der Waals surface area contributed by atoms with Crippen LogP contribution in [0.2, 0.25) is 0 Å². The Morgan fingerprint density at radius 2 is 2.06 bits per heavy atom. The minimum Gasteiger partial charge on any atom is -0.388 e. The van der Waals surface area contributed by atoms with Crippen LogP contribution in [0.5, 0.6) is 0 Å². The van der Waals surface area contributed by atoms with Crippen molar-refractivity contribution in [1.29, 1.82) is 0 Å². The van der Waals surface area contributed by atoms with Crippen LogP contribution < -0.4 is 5.32 Å². The van der Waals surface area contributed by atoms with Gasteiger partial charge in [0.15, 0.2) is 0 Å². The van der Waals surface area contributed by atoms with Crippen molar-refractivity contribution < 1.29 is 9.90 Å². The molecule has 0 unspecified atom stereocenters. The molecule has 0 saturated carbocycles. The minimum atomic E-state index is -0.611. The molecule has 16 heavy (non-hydrogen) atoms. The van der Waals surface area contributed by atoms with Gasteiger partial charge in [0.25, 0.3) is 0 Å². The lowest BCUT2D eigenvalue weighted by molar-refractivity contribution is -0.132. The standard InChI is InChI=1S/C12H24N2O2/c1-3-4-7-13-10-12(16)5-8-14(9-6-12)11(2)15/h13,16H,3-10H2,1-2H3. The van der Waals surface area contributed by atoms with E-state index in [1.165, 1.54) is 6.42 Å². The maximum Gasteiger partial charge on any atom is 0.219 e. The lowest BCUT2D eigenvalue weighted by Gasteiger charge is -2.38. The van der Waals surface area contributed by atoms with E-state index in [0.717, 1.165) is 13.0 Å². The van der Waals surface area contributed by atoms with Gasteiger partial charge < -0.3 is 15.3 Å². The number of nitrogens with zero attached hydrogens (tertiary/aromatic N) is 1. The van der Waals surface area contributed by atoms with Crippen LogP contribution in [0.15, 0.2) is 0 Å². The van der Waals surface area contributed by atoms with E-state index >= 15 is 0 Å². The second kappa shape index (κ2) is 6.21. The molecule has 0 atom stereocenters. The number of likely N-dealkylation sites (tertiary alicyclic amines) is 1. The molecule has 4 heteroatoms. The number of hydrogen-bond donors (Lipinski definition) is 2. The van der Waals surface area contributed by atoms with Gasteiger partial charge in [-0.2, -0.15) is 0 Å². The van der Waals surface area contributed by atoms with Crippen molar-refractivity contribution in [2.75, 3.05) is 26.2 Å². The highest BCUT2D eigenvalue weighted by atomic mass is 16.3. The molecule has 0 spiro atoms. The third-order valence-corrected chi connectivity index (χ3v) is 3.30. The van der Waals surface area contributed by atoms with E-state index in [1.54, 1.807) is 11.8 Å². The molecule has 1 amide bonds. The number of hydrogen-bond acceptors (Lipinski definition) is 3. The Hall–Kier alpha value is -0.610. The monoisotopic (exact) mass is 228 g/mol. The largest absolute Gasteiger partial charge is 0.388 e. The molecular weight excluding hydrogens is 204 g/mol. The topological polar surface area (TPSA) is 52.6 Å². The summed E-state index contributed by atoms with van der Waals surface area (Å²) in [6.07, 6.45) is 3.69. The number of amides is 1. The fourth-order valence-electron chi connectivity index (χ4n) is 2.04. The van der Waals surface area contributed by atoms with Crippen molar-refractivity contribution in [2.24, 2.45) is 0 Å². The molecule has 0 radical (unpaired) electrons. The number of carbonyl (C=O) groups excluding carboxylic acids is 1. The molecule has 1 heterocycles. The average Bonchev–Trinajstić information content (AvgIpc) is 2.25. The first kappa shape index (κ1) is 13.5. The lowest BCUT2D eigenvalue weighted by atomic mass is 9.91. The van der Waals surface area contributed by atoms with Crippen LogP contribution in [-0.2, 0) is 4.79 Å².